The van der Waals surface area contributed by atoms with Crippen molar-refractivity contribution in [2.75, 3.05) is 25.1 Å². The molecule has 1 aliphatic heterocycles. The highest BCUT2D eigenvalue weighted by molar-refractivity contribution is 5.79. The van der Waals surface area contributed by atoms with Gasteiger partial charge in [-0.3, -0.25) is 4.79 Å². The van der Waals surface area contributed by atoms with E-state index in [2.05, 4.69) is 25.3 Å². The van der Waals surface area contributed by atoms with Crippen molar-refractivity contribution < 1.29 is 9.53 Å². The first-order chi connectivity index (χ1) is 15.0. The molecule has 3 aromatic rings. The number of rotatable bonds is 6. The Bertz CT molecular complexity index is 1060. The smallest absolute Gasteiger partial charge is 0.225 e. The van der Waals surface area contributed by atoms with Crippen molar-refractivity contribution in [3.63, 3.8) is 0 Å². The van der Waals surface area contributed by atoms with Gasteiger partial charge in [0.1, 0.15) is 17.9 Å². The maximum Gasteiger partial charge on any atom is 0.225 e. The van der Waals surface area contributed by atoms with Gasteiger partial charge in [0.15, 0.2) is 5.82 Å². The van der Waals surface area contributed by atoms with Gasteiger partial charge in [0.05, 0.1) is 18.7 Å². The molecule has 31 heavy (non-hydrogen) atoms. The minimum Gasteiger partial charge on any atom is -0.497 e. The summed E-state index contributed by atoms with van der Waals surface area (Å²) in [4.78, 5) is 23.8. The number of ether oxygens (including phenoxy) is 1. The summed E-state index contributed by atoms with van der Waals surface area (Å²) < 4.78 is 7.08. The Balaban J connectivity index is 1.42. The lowest BCUT2D eigenvalue weighted by atomic mass is 9.97. The molecule has 2 aromatic heterocycles. The van der Waals surface area contributed by atoms with Gasteiger partial charge in [0, 0.05) is 31.4 Å². The van der Waals surface area contributed by atoms with Gasteiger partial charge in [-0.1, -0.05) is 12.1 Å². The first kappa shape index (κ1) is 20.8. The van der Waals surface area contributed by atoms with Crippen molar-refractivity contribution in [2.45, 2.75) is 33.2 Å². The number of aromatic nitrogens is 4. The second kappa shape index (κ2) is 9.16. The lowest BCUT2D eigenvalue weighted by Crippen LogP contribution is -2.43. The monoisotopic (exact) mass is 420 g/mol. The van der Waals surface area contributed by atoms with Crippen LogP contribution in [0.2, 0.25) is 0 Å². The van der Waals surface area contributed by atoms with E-state index in [1.54, 1.807) is 13.4 Å². The fraction of sp³-hybridized carbons (Fsp3) is 0.391. The topological polar surface area (TPSA) is 85.2 Å². The summed E-state index contributed by atoms with van der Waals surface area (Å²) >= 11 is 0. The standard InChI is InChI=1S/C23H28N6O2/c1-16-10-17(2)29(27-16)22-12-21(25-15-26-22)28-9-5-7-19(14-28)23(30)24-13-18-6-4-8-20(11-18)31-3/h4,6,8,10-12,15,19H,5,7,9,13-14H2,1-3H3,(H,24,30). The highest BCUT2D eigenvalue weighted by Gasteiger charge is 2.26. The number of carbonyl (C=O) groups excluding carboxylic acids is 1. The molecule has 1 aromatic carbocycles. The summed E-state index contributed by atoms with van der Waals surface area (Å²) in [6, 6.07) is 11.7. The molecule has 8 nitrogen and oxygen atoms in total. The molecule has 1 N–H and O–H groups in total. The average molecular weight is 421 g/mol. The molecule has 162 valence electrons. The van der Waals surface area contributed by atoms with Crippen LogP contribution in [0.5, 0.6) is 5.75 Å². The van der Waals surface area contributed by atoms with E-state index in [9.17, 15) is 4.79 Å². The largest absolute Gasteiger partial charge is 0.497 e. The zero-order valence-electron chi connectivity index (χ0n) is 18.2. The number of hydrogen-bond donors (Lipinski definition) is 1. The van der Waals surface area contributed by atoms with Crippen molar-refractivity contribution in [1.29, 1.82) is 0 Å². The first-order valence-electron chi connectivity index (χ1n) is 10.5. The van der Waals surface area contributed by atoms with E-state index in [-0.39, 0.29) is 11.8 Å². The van der Waals surface area contributed by atoms with Crippen LogP contribution in [0, 0.1) is 19.8 Å². The van der Waals surface area contributed by atoms with Gasteiger partial charge >= 0.3 is 0 Å². The van der Waals surface area contributed by atoms with Crippen molar-refractivity contribution in [3.05, 3.63) is 59.7 Å². The van der Waals surface area contributed by atoms with E-state index in [0.29, 0.717) is 13.1 Å². The highest BCUT2D eigenvalue weighted by Crippen LogP contribution is 2.23. The van der Waals surface area contributed by atoms with Crippen LogP contribution in [0.3, 0.4) is 0 Å². The molecule has 0 spiro atoms. The van der Waals surface area contributed by atoms with E-state index in [1.165, 1.54) is 0 Å². The quantitative estimate of drug-likeness (QED) is 0.660. The van der Waals surface area contributed by atoms with E-state index < -0.39 is 0 Å². The van der Waals surface area contributed by atoms with Crippen LogP contribution in [0.4, 0.5) is 5.82 Å². The number of hydrogen-bond acceptors (Lipinski definition) is 6. The van der Waals surface area contributed by atoms with Crippen LogP contribution in [-0.4, -0.2) is 45.9 Å². The van der Waals surface area contributed by atoms with E-state index >= 15 is 0 Å². The Labute approximate surface area is 182 Å². The summed E-state index contributed by atoms with van der Waals surface area (Å²) in [6.07, 6.45) is 3.37. The average Bonchev–Trinajstić information content (AvgIpc) is 3.15. The fourth-order valence-electron chi connectivity index (χ4n) is 4.00. The number of methoxy groups -OCH3 is 1. The van der Waals surface area contributed by atoms with Crippen molar-refractivity contribution >= 4 is 11.7 Å². The highest BCUT2D eigenvalue weighted by atomic mass is 16.5. The summed E-state index contributed by atoms with van der Waals surface area (Å²) in [7, 11) is 1.64. The molecule has 3 heterocycles. The Hall–Kier alpha value is -3.42. The Morgan fingerprint density at radius 2 is 2.03 bits per heavy atom. The maximum absolute atomic E-state index is 12.8. The lowest BCUT2D eigenvalue weighted by Gasteiger charge is -2.33. The van der Waals surface area contributed by atoms with Crippen LogP contribution in [0.15, 0.2) is 42.7 Å². The first-order valence-corrected chi connectivity index (χ1v) is 10.5. The zero-order chi connectivity index (χ0) is 21.8. The van der Waals surface area contributed by atoms with Crippen LogP contribution < -0.4 is 15.0 Å². The summed E-state index contributed by atoms with van der Waals surface area (Å²) in [5.41, 5.74) is 2.99. The molecular formula is C23H28N6O2. The van der Waals surface area contributed by atoms with E-state index in [1.807, 2.05) is 54.9 Å². The van der Waals surface area contributed by atoms with Crippen LogP contribution >= 0.6 is 0 Å². The Morgan fingerprint density at radius 3 is 2.81 bits per heavy atom. The Kier molecular flexibility index (Phi) is 6.16. The molecule has 1 atom stereocenters. The van der Waals surface area contributed by atoms with Gasteiger partial charge in [0.2, 0.25) is 5.91 Å². The molecule has 8 heteroatoms. The number of anilines is 1. The van der Waals surface area contributed by atoms with Gasteiger partial charge in [-0.2, -0.15) is 5.10 Å². The van der Waals surface area contributed by atoms with Gasteiger partial charge in [0.25, 0.3) is 0 Å². The predicted octanol–water partition coefficient (Wildman–Crippen LogP) is 2.82. The molecule has 0 bridgehead atoms. The van der Waals surface area contributed by atoms with Gasteiger partial charge in [-0.15, -0.1) is 0 Å². The van der Waals surface area contributed by atoms with Gasteiger partial charge in [-0.05, 0) is 50.5 Å². The molecule has 4 rings (SSSR count). The maximum atomic E-state index is 12.8. The van der Waals surface area contributed by atoms with Gasteiger partial charge in [-0.25, -0.2) is 14.6 Å². The molecule has 1 unspecified atom stereocenters. The number of amides is 1. The number of nitrogens with one attached hydrogen (secondary N) is 1. The van der Waals surface area contributed by atoms with E-state index in [4.69, 9.17) is 4.74 Å². The third-order valence-corrected chi connectivity index (χ3v) is 5.58. The van der Waals surface area contributed by atoms with Crippen LogP contribution in [0.25, 0.3) is 5.82 Å². The number of aryl methyl sites for hydroxylation is 2. The van der Waals surface area contributed by atoms with Gasteiger partial charge < -0.3 is 15.0 Å². The van der Waals surface area contributed by atoms with E-state index in [0.717, 1.165) is 53.7 Å². The SMILES string of the molecule is COc1cccc(CNC(=O)C2CCCN(c3cc(-n4nc(C)cc4C)ncn3)C2)c1. The summed E-state index contributed by atoms with van der Waals surface area (Å²) in [5, 5.41) is 7.58. The normalized spacial score (nSPS) is 16.2. The lowest BCUT2D eigenvalue weighted by molar-refractivity contribution is -0.125. The minimum atomic E-state index is -0.0774. The molecule has 0 radical (unpaired) electrons. The third-order valence-electron chi connectivity index (χ3n) is 5.58. The van der Waals surface area contributed by atoms with Crippen LogP contribution in [0.1, 0.15) is 29.8 Å². The van der Waals surface area contributed by atoms with Crippen molar-refractivity contribution in [1.82, 2.24) is 25.1 Å². The molecule has 1 saturated heterocycles. The molecule has 0 saturated carbocycles. The zero-order valence-corrected chi connectivity index (χ0v) is 18.2. The summed E-state index contributed by atoms with van der Waals surface area (Å²) in [6.45, 7) is 5.96. The number of piperidine rings is 1. The molecule has 1 amide bonds. The summed E-state index contributed by atoms with van der Waals surface area (Å²) in [5.74, 6) is 2.34. The van der Waals surface area contributed by atoms with Crippen molar-refractivity contribution in [3.8, 4) is 11.6 Å². The Morgan fingerprint density at radius 1 is 1.19 bits per heavy atom. The fourth-order valence-corrected chi connectivity index (χ4v) is 4.00. The number of benzene rings is 1. The second-order valence-corrected chi connectivity index (χ2v) is 7.93. The number of nitrogens with zero attached hydrogens (tertiary/aromatic N) is 5. The molecule has 1 fully saturated rings. The predicted molar refractivity (Wildman–Crippen MR) is 118 cm³/mol. The molecule has 0 aliphatic carbocycles. The number of carbonyl (C=O) groups is 1. The van der Waals surface area contributed by atoms with Crippen LogP contribution in [-0.2, 0) is 11.3 Å². The molecule has 1 aliphatic rings. The third kappa shape index (κ3) is 4.84. The second-order valence-electron chi connectivity index (χ2n) is 7.93. The minimum absolute atomic E-state index is 0.0698. The van der Waals surface area contributed by atoms with Crippen molar-refractivity contribution in [2.24, 2.45) is 5.92 Å². The molecular weight excluding hydrogens is 392 g/mol.